The van der Waals surface area contributed by atoms with Crippen molar-refractivity contribution in [3.05, 3.63) is 65.7 Å². The number of thioether (sulfide) groups is 1. The highest BCUT2D eigenvalue weighted by molar-refractivity contribution is 7.99. The van der Waals surface area contributed by atoms with Crippen molar-refractivity contribution in [1.82, 2.24) is 5.32 Å². The summed E-state index contributed by atoms with van der Waals surface area (Å²) in [6, 6.07) is 14.1. The first-order chi connectivity index (χ1) is 10.2. The van der Waals surface area contributed by atoms with E-state index in [0.717, 1.165) is 23.9 Å². The summed E-state index contributed by atoms with van der Waals surface area (Å²) in [4.78, 5) is 1.12. The minimum atomic E-state index is -0.791. The Kier molecular flexibility index (Phi) is 6.21. The lowest BCUT2D eigenvalue weighted by Crippen LogP contribution is -2.25. The summed E-state index contributed by atoms with van der Waals surface area (Å²) in [5.74, 6) is -0.884. The van der Waals surface area contributed by atoms with Crippen molar-refractivity contribution in [2.75, 3.05) is 12.3 Å². The first-order valence-corrected chi connectivity index (χ1v) is 8.06. The van der Waals surface area contributed by atoms with Gasteiger partial charge in [-0.3, -0.25) is 0 Å². The molecule has 2 aromatic carbocycles. The molecule has 1 N–H and O–H groups in total. The fraction of sp³-hybridized carbons (Fsp3) is 0.294. The highest BCUT2D eigenvalue weighted by Crippen LogP contribution is 2.27. The van der Waals surface area contributed by atoms with Crippen LogP contribution >= 0.6 is 11.8 Å². The van der Waals surface area contributed by atoms with E-state index in [4.69, 9.17) is 0 Å². The van der Waals surface area contributed by atoms with Crippen molar-refractivity contribution in [1.29, 1.82) is 0 Å². The molecule has 0 aliphatic carbocycles. The van der Waals surface area contributed by atoms with Gasteiger partial charge in [0.05, 0.1) is 0 Å². The van der Waals surface area contributed by atoms with E-state index in [1.165, 1.54) is 0 Å². The molecule has 0 aliphatic rings. The standard InChI is InChI=1S/C17H19F2NS/c1-2-11-20-16(12-21-13-7-4-3-5-8-13)14-9-6-10-15(18)17(14)19/h3-10,16,20H,2,11-12H2,1H3. The average molecular weight is 307 g/mol. The fourth-order valence-corrected chi connectivity index (χ4v) is 3.07. The molecule has 0 amide bonds. The van der Waals surface area contributed by atoms with Crippen LogP contribution < -0.4 is 5.32 Å². The topological polar surface area (TPSA) is 12.0 Å². The van der Waals surface area contributed by atoms with Crippen molar-refractivity contribution < 1.29 is 8.78 Å². The molecule has 0 bridgehead atoms. The van der Waals surface area contributed by atoms with Gasteiger partial charge >= 0.3 is 0 Å². The van der Waals surface area contributed by atoms with Gasteiger partial charge in [0, 0.05) is 22.3 Å². The van der Waals surface area contributed by atoms with E-state index in [1.54, 1.807) is 23.9 Å². The normalized spacial score (nSPS) is 12.3. The number of benzene rings is 2. The lowest BCUT2D eigenvalue weighted by Gasteiger charge is -2.19. The predicted octanol–water partition coefficient (Wildman–Crippen LogP) is 4.80. The maximum atomic E-state index is 14.0. The third-order valence-corrected chi connectivity index (χ3v) is 4.26. The van der Waals surface area contributed by atoms with Gasteiger partial charge in [0.2, 0.25) is 0 Å². The number of hydrogen-bond donors (Lipinski definition) is 1. The Bertz CT molecular complexity index is 560. The van der Waals surface area contributed by atoms with E-state index < -0.39 is 11.6 Å². The first kappa shape index (κ1) is 16.0. The van der Waals surface area contributed by atoms with Crippen LogP contribution in [0.1, 0.15) is 24.9 Å². The maximum Gasteiger partial charge on any atom is 0.163 e. The molecule has 1 unspecified atom stereocenters. The molecular weight excluding hydrogens is 288 g/mol. The van der Waals surface area contributed by atoms with Crippen molar-refractivity contribution in [2.45, 2.75) is 24.3 Å². The molecule has 0 saturated carbocycles. The molecule has 0 spiro atoms. The molecule has 1 nitrogen and oxygen atoms in total. The summed E-state index contributed by atoms with van der Waals surface area (Å²) < 4.78 is 27.4. The third-order valence-electron chi connectivity index (χ3n) is 3.16. The van der Waals surface area contributed by atoms with Crippen molar-refractivity contribution in [3.8, 4) is 0 Å². The number of hydrogen-bond acceptors (Lipinski definition) is 2. The fourth-order valence-electron chi connectivity index (χ4n) is 2.06. The largest absolute Gasteiger partial charge is 0.309 e. The summed E-state index contributed by atoms with van der Waals surface area (Å²) in [5, 5.41) is 3.30. The molecule has 0 aromatic heterocycles. The molecular formula is C17H19F2NS. The molecule has 0 heterocycles. The van der Waals surface area contributed by atoms with Gasteiger partial charge in [-0.2, -0.15) is 0 Å². The Morgan fingerprint density at radius 1 is 1.05 bits per heavy atom. The number of rotatable bonds is 7. The van der Waals surface area contributed by atoms with Crippen LogP contribution in [0.25, 0.3) is 0 Å². The second-order valence-electron chi connectivity index (χ2n) is 4.77. The van der Waals surface area contributed by atoms with Gasteiger partial charge < -0.3 is 5.32 Å². The Morgan fingerprint density at radius 3 is 2.52 bits per heavy atom. The van der Waals surface area contributed by atoms with E-state index >= 15 is 0 Å². The molecule has 4 heteroatoms. The molecule has 112 valence electrons. The second kappa shape index (κ2) is 8.15. The summed E-state index contributed by atoms with van der Waals surface area (Å²) in [6.07, 6.45) is 0.948. The van der Waals surface area contributed by atoms with Crippen LogP contribution in [-0.2, 0) is 0 Å². The molecule has 0 saturated heterocycles. The number of halogens is 2. The van der Waals surface area contributed by atoms with Crippen LogP contribution in [0.2, 0.25) is 0 Å². The summed E-state index contributed by atoms with van der Waals surface area (Å²) >= 11 is 1.64. The minimum absolute atomic E-state index is 0.203. The van der Waals surface area contributed by atoms with Gasteiger partial charge in [0.25, 0.3) is 0 Å². The van der Waals surface area contributed by atoms with Gasteiger partial charge in [-0.25, -0.2) is 8.78 Å². The third kappa shape index (κ3) is 4.55. The summed E-state index contributed by atoms with van der Waals surface area (Å²) in [6.45, 7) is 2.83. The monoisotopic (exact) mass is 307 g/mol. The van der Waals surface area contributed by atoms with Crippen LogP contribution in [0, 0.1) is 11.6 Å². The molecule has 2 rings (SSSR count). The van der Waals surface area contributed by atoms with Gasteiger partial charge in [-0.1, -0.05) is 37.3 Å². The average Bonchev–Trinajstić information content (AvgIpc) is 2.52. The highest BCUT2D eigenvalue weighted by atomic mass is 32.2. The van der Waals surface area contributed by atoms with Crippen LogP contribution in [0.5, 0.6) is 0 Å². The lowest BCUT2D eigenvalue weighted by atomic mass is 10.1. The van der Waals surface area contributed by atoms with E-state index in [9.17, 15) is 8.78 Å². The second-order valence-corrected chi connectivity index (χ2v) is 5.87. The summed E-state index contributed by atoms with van der Waals surface area (Å²) in [5.41, 5.74) is 0.395. The Hall–Kier alpha value is -1.39. The predicted molar refractivity (Wildman–Crippen MR) is 84.6 cm³/mol. The zero-order chi connectivity index (χ0) is 15.1. The van der Waals surface area contributed by atoms with Crippen LogP contribution in [0.4, 0.5) is 8.78 Å². The van der Waals surface area contributed by atoms with E-state index in [-0.39, 0.29) is 6.04 Å². The Balaban J connectivity index is 2.12. The van der Waals surface area contributed by atoms with Gasteiger partial charge in [-0.15, -0.1) is 11.8 Å². The highest BCUT2D eigenvalue weighted by Gasteiger charge is 2.17. The SMILES string of the molecule is CCCNC(CSc1ccccc1)c1cccc(F)c1F. The van der Waals surface area contributed by atoms with Gasteiger partial charge in [0.1, 0.15) is 0 Å². The molecule has 21 heavy (non-hydrogen) atoms. The summed E-state index contributed by atoms with van der Waals surface area (Å²) in [7, 11) is 0. The number of nitrogens with one attached hydrogen (secondary N) is 1. The van der Waals surface area contributed by atoms with E-state index in [2.05, 4.69) is 12.2 Å². The first-order valence-electron chi connectivity index (χ1n) is 7.07. The van der Waals surface area contributed by atoms with Gasteiger partial charge in [0.15, 0.2) is 11.6 Å². The molecule has 0 radical (unpaired) electrons. The van der Waals surface area contributed by atoms with Crippen molar-refractivity contribution in [3.63, 3.8) is 0 Å². The molecule has 0 fully saturated rings. The van der Waals surface area contributed by atoms with Crippen molar-refractivity contribution >= 4 is 11.8 Å². The Morgan fingerprint density at radius 2 is 1.81 bits per heavy atom. The van der Waals surface area contributed by atoms with Crippen molar-refractivity contribution in [2.24, 2.45) is 0 Å². The minimum Gasteiger partial charge on any atom is -0.309 e. The van der Waals surface area contributed by atoms with Crippen LogP contribution in [0.3, 0.4) is 0 Å². The Labute approximate surface area is 128 Å². The van der Waals surface area contributed by atoms with Crippen LogP contribution in [0.15, 0.2) is 53.4 Å². The van der Waals surface area contributed by atoms with E-state index in [0.29, 0.717) is 11.3 Å². The van der Waals surface area contributed by atoms with Gasteiger partial charge in [-0.05, 0) is 31.2 Å². The quantitative estimate of drug-likeness (QED) is 0.738. The van der Waals surface area contributed by atoms with Crippen LogP contribution in [-0.4, -0.2) is 12.3 Å². The zero-order valence-corrected chi connectivity index (χ0v) is 12.8. The lowest BCUT2D eigenvalue weighted by molar-refractivity contribution is 0.475. The van der Waals surface area contributed by atoms with E-state index in [1.807, 2.05) is 30.3 Å². The zero-order valence-electron chi connectivity index (χ0n) is 12.0. The molecule has 1 atom stereocenters. The molecule has 2 aromatic rings. The smallest absolute Gasteiger partial charge is 0.163 e. The molecule has 0 aliphatic heterocycles. The maximum absolute atomic E-state index is 14.0.